The topological polar surface area (TPSA) is 56.5 Å². The molecule has 4 nitrogen and oxygen atoms in total. The van der Waals surface area contributed by atoms with E-state index in [1.54, 1.807) is 0 Å². The number of anilines is 2. The van der Waals surface area contributed by atoms with Gasteiger partial charge in [0.25, 0.3) is 0 Å². The van der Waals surface area contributed by atoms with E-state index >= 15 is 0 Å². The molecule has 0 aromatic heterocycles. The number of rotatable bonds is 6. The van der Waals surface area contributed by atoms with Gasteiger partial charge in [0, 0.05) is 31.5 Å². The Labute approximate surface area is 121 Å². The van der Waals surface area contributed by atoms with Crippen molar-refractivity contribution in [3.63, 3.8) is 0 Å². The molecule has 20 heavy (non-hydrogen) atoms. The second-order valence-corrected chi connectivity index (χ2v) is 5.88. The molecule has 1 heterocycles. The van der Waals surface area contributed by atoms with Crippen molar-refractivity contribution in [1.29, 1.82) is 0 Å². The summed E-state index contributed by atoms with van der Waals surface area (Å²) in [6.07, 6.45) is 3.19. The molecule has 0 bridgehead atoms. The lowest BCUT2D eigenvalue weighted by Crippen LogP contribution is -2.33. The molecule has 3 N–H and O–H groups in total. The van der Waals surface area contributed by atoms with Crippen LogP contribution in [0.25, 0.3) is 0 Å². The van der Waals surface area contributed by atoms with E-state index < -0.39 is 0 Å². The highest BCUT2D eigenvalue weighted by Crippen LogP contribution is 2.31. The third-order valence-corrected chi connectivity index (χ3v) is 3.89. The molecule has 0 spiro atoms. The molecular weight excluding hydrogens is 252 g/mol. The molecule has 1 fully saturated rings. The van der Waals surface area contributed by atoms with E-state index in [0.717, 1.165) is 50.5 Å². The first-order chi connectivity index (χ1) is 9.63. The Balaban J connectivity index is 1.95. The number of hydrogen-bond donors (Lipinski definition) is 2. The molecule has 0 atom stereocenters. The van der Waals surface area contributed by atoms with Gasteiger partial charge in [-0.2, -0.15) is 0 Å². The molecule has 0 amide bonds. The molecule has 0 aliphatic carbocycles. The molecule has 1 aromatic carbocycles. The summed E-state index contributed by atoms with van der Waals surface area (Å²) in [5.41, 5.74) is 8.00. The van der Waals surface area contributed by atoms with Crippen molar-refractivity contribution >= 4 is 11.4 Å². The molecule has 1 saturated heterocycles. The highest BCUT2D eigenvalue weighted by Gasteiger charge is 2.26. The number of nitrogen functional groups attached to an aromatic ring is 1. The number of nitrogens with one attached hydrogen (secondary N) is 1. The van der Waals surface area contributed by atoms with Crippen LogP contribution in [0.15, 0.2) is 18.2 Å². The summed E-state index contributed by atoms with van der Waals surface area (Å²) >= 11 is 0. The smallest absolute Gasteiger partial charge is 0.144 e. The van der Waals surface area contributed by atoms with Crippen LogP contribution in [0.5, 0.6) is 5.75 Å². The van der Waals surface area contributed by atoms with E-state index in [-0.39, 0.29) is 0 Å². The van der Waals surface area contributed by atoms with Crippen LogP contribution in [-0.2, 0) is 4.74 Å². The van der Waals surface area contributed by atoms with E-state index in [0.29, 0.717) is 17.7 Å². The molecule has 4 heteroatoms. The normalized spacial score (nSPS) is 17.7. The van der Waals surface area contributed by atoms with Crippen molar-refractivity contribution in [3.05, 3.63) is 18.2 Å². The first-order valence-electron chi connectivity index (χ1n) is 7.47. The summed E-state index contributed by atoms with van der Waals surface area (Å²) in [6.45, 7) is 7.78. The second kappa shape index (κ2) is 6.84. The first-order valence-corrected chi connectivity index (χ1v) is 7.47. The van der Waals surface area contributed by atoms with Crippen LogP contribution in [0.2, 0.25) is 0 Å². The highest BCUT2D eigenvalue weighted by atomic mass is 16.5. The van der Waals surface area contributed by atoms with Gasteiger partial charge in [0.2, 0.25) is 0 Å². The summed E-state index contributed by atoms with van der Waals surface area (Å²) in [4.78, 5) is 0. The Hall–Kier alpha value is -1.42. The minimum Gasteiger partial charge on any atom is -0.491 e. The summed E-state index contributed by atoms with van der Waals surface area (Å²) in [5, 5.41) is 3.51. The summed E-state index contributed by atoms with van der Waals surface area (Å²) in [5.74, 6) is 0.772. The summed E-state index contributed by atoms with van der Waals surface area (Å²) in [7, 11) is 0. The van der Waals surface area contributed by atoms with Crippen molar-refractivity contribution in [2.75, 3.05) is 37.4 Å². The zero-order valence-electron chi connectivity index (χ0n) is 12.6. The first kappa shape index (κ1) is 15.0. The largest absolute Gasteiger partial charge is 0.491 e. The quantitative estimate of drug-likeness (QED) is 0.784. The summed E-state index contributed by atoms with van der Waals surface area (Å²) in [6, 6.07) is 5.91. The number of ether oxygens (including phenoxy) is 2. The number of nitrogens with two attached hydrogens (primary N) is 1. The van der Waals surface area contributed by atoms with Crippen LogP contribution >= 0.6 is 0 Å². The van der Waals surface area contributed by atoms with Crippen LogP contribution < -0.4 is 15.8 Å². The maximum absolute atomic E-state index is 5.93. The standard InChI is InChI=1S/C16H26N2O2/c1-3-8-20-15-11-13(4-5-14(15)17)18-12-16(2)6-9-19-10-7-16/h4-5,11,18H,3,6-10,12,17H2,1-2H3. The molecule has 0 radical (unpaired) electrons. The van der Waals surface area contributed by atoms with E-state index in [9.17, 15) is 0 Å². The maximum Gasteiger partial charge on any atom is 0.144 e. The fourth-order valence-electron chi connectivity index (χ4n) is 2.34. The minimum atomic E-state index is 0.310. The lowest BCUT2D eigenvalue weighted by molar-refractivity contribution is 0.0300. The Morgan fingerprint density at radius 3 is 2.80 bits per heavy atom. The van der Waals surface area contributed by atoms with Gasteiger partial charge in [0.15, 0.2) is 0 Å². The van der Waals surface area contributed by atoms with Gasteiger partial charge in [-0.25, -0.2) is 0 Å². The Morgan fingerprint density at radius 1 is 1.35 bits per heavy atom. The molecule has 112 valence electrons. The van der Waals surface area contributed by atoms with Gasteiger partial charge in [-0.1, -0.05) is 13.8 Å². The van der Waals surface area contributed by atoms with E-state index in [4.69, 9.17) is 15.2 Å². The van der Waals surface area contributed by atoms with Crippen LogP contribution in [-0.4, -0.2) is 26.4 Å². The molecular formula is C16H26N2O2. The van der Waals surface area contributed by atoms with Crippen LogP contribution in [0.4, 0.5) is 11.4 Å². The van der Waals surface area contributed by atoms with Gasteiger partial charge in [0.05, 0.1) is 12.3 Å². The van der Waals surface area contributed by atoms with Crippen molar-refractivity contribution in [2.45, 2.75) is 33.1 Å². The molecule has 1 aliphatic rings. The van der Waals surface area contributed by atoms with Gasteiger partial charge in [-0.3, -0.25) is 0 Å². The van der Waals surface area contributed by atoms with E-state index in [2.05, 4.69) is 19.2 Å². The lowest BCUT2D eigenvalue weighted by atomic mass is 9.82. The number of hydrogen-bond acceptors (Lipinski definition) is 4. The molecule has 1 aliphatic heterocycles. The number of benzene rings is 1. The molecule has 1 aromatic rings. The summed E-state index contributed by atoms with van der Waals surface area (Å²) < 4.78 is 11.1. The SMILES string of the molecule is CCCOc1cc(NCC2(C)CCOCC2)ccc1N. The van der Waals surface area contributed by atoms with Gasteiger partial charge in [-0.05, 0) is 36.8 Å². The highest BCUT2D eigenvalue weighted by molar-refractivity contribution is 5.61. The van der Waals surface area contributed by atoms with Crippen molar-refractivity contribution < 1.29 is 9.47 Å². The van der Waals surface area contributed by atoms with Gasteiger partial charge in [0.1, 0.15) is 5.75 Å². The fourth-order valence-corrected chi connectivity index (χ4v) is 2.34. The Bertz CT molecular complexity index is 428. The third-order valence-electron chi connectivity index (χ3n) is 3.89. The van der Waals surface area contributed by atoms with E-state index in [1.165, 1.54) is 0 Å². The Morgan fingerprint density at radius 2 is 2.10 bits per heavy atom. The average molecular weight is 278 g/mol. The fraction of sp³-hybridized carbons (Fsp3) is 0.625. The van der Waals surface area contributed by atoms with Crippen LogP contribution in [0.3, 0.4) is 0 Å². The van der Waals surface area contributed by atoms with Gasteiger partial charge < -0.3 is 20.5 Å². The van der Waals surface area contributed by atoms with Gasteiger partial charge >= 0.3 is 0 Å². The minimum absolute atomic E-state index is 0.310. The zero-order valence-corrected chi connectivity index (χ0v) is 12.6. The van der Waals surface area contributed by atoms with Crippen LogP contribution in [0, 0.1) is 5.41 Å². The van der Waals surface area contributed by atoms with Crippen molar-refractivity contribution in [2.24, 2.45) is 5.41 Å². The monoisotopic (exact) mass is 278 g/mol. The van der Waals surface area contributed by atoms with Crippen molar-refractivity contribution in [1.82, 2.24) is 0 Å². The molecule has 0 saturated carbocycles. The molecule has 2 rings (SSSR count). The second-order valence-electron chi connectivity index (χ2n) is 5.88. The third kappa shape index (κ3) is 4.04. The zero-order chi connectivity index (χ0) is 14.4. The predicted octanol–water partition coefficient (Wildman–Crippen LogP) is 3.29. The van der Waals surface area contributed by atoms with Crippen molar-refractivity contribution in [3.8, 4) is 5.75 Å². The predicted molar refractivity (Wildman–Crippen MR) is 83.3 cm³/mol. The maximum atomic E-state index is 5.93. The molecule has 0 unspecified atom stereocenters. The van der Waals surface area contributed by atoms with E-state index in [1.807, 2.05) is 18.2 Å². The Kier molecular flexibility index (Phi) is 5.12. The van der Waals surface area contributed by atoms with Crippen LogP contribution in [0.1, 0.15) is 33.1 Å². The van der Waals surface area contributed by atoms with Gasteiger partial charge in [-0.15, -0.1) is 0 Å². The average Bonchev–Trinajstić information content (AvgIpc) is 2.46. The lowest BCUT2D eigenvalue weighted by Gasteiger charge is -2.34.